The molecule has 3 heteroatoms. The zero-order valence-electron chi connectivity index (χ0n) is 35.4. The second-order valence-corrected chi connectivity index (χ2v) is 16.9. The molecule has 3 nitrogen and oxygen atoms in total. The smallest absolute Gasteiger partial charge is 0.159 e. The van der Waals surface area contributed by atoms with Gasteiger partial charge in [-0.2, -0.15) is 0 Å². The number of hydrogen-bond acceptors (Lipinski definition) is 2. The van der Waals surface area contributed by atoms with Gasteiger partial charge in [-0.25, -0.2) is 0 Å². The summed E-state index contributed by atoms with van der Waals surface area (Å²) in [6, 6.07) is 87.6. The van der Waals surface area contributed by atoms with E-state index in [2.05, 4.69) is 252 Å². The summed E-state index contributed by atoms with van der Waals surface area (Å²) in [5, 5.41) is 9.40. The maximum absolute atomic E-state index is 7.00. The molecule has 13 rings (SSSR count). The molecule has 0 saturated heterocycles. The van der Waals surface area contributed by atoms with Crippen molar-refractivity contribution in [3.05, 3.63) is 243 Å². The molecule has 0 amide bonds. The van der Waals surface area contributed by atoms with Gasteiger partial charge in [-0.1, -0.05) is 170 Å². The quantitative estimate of drug-likeness (QED) is 0.160. The van der Waals surface area contributed by atoms with E-state index in [4.69, 9.17) is 4.42 Å². The van der Waals surface area contributed by atoms with Crippen LogP contribution >= 0.6 is 0 Å². The average Bonchev–Trinajstić information content (AvgIpc) is 3.93. The molecule has 11 aromatic carbocycles. The number of furan rings is 1. The van der Waals surface area contributed by atoms with Crippen molar-refractivity contribution < 1.29 is 4.42 Å². The summed E-state index contributed by atoms with van der Waals surface area (Å²) in [7, 11) is 0. The Hall–Kier alpha value is -8.66. The molecule has 0 aliphatic rings. The van der Waals surface area contributed by atoms with Gasteiger partial charge in [0.05, 0.1) is 16.7 Å². The highest BCUT2D eigenvalue weighted by molar-refractivity contribution is 6.18. The van der Waals surface area contributed by atoms with E-state index in [9.17, 15) is 0 Å². The van der Waals surface area contributed by atoms with Gasteiger partial charge in [0.2, 0.25) is 0 Å². The summed E-state index contributed by atoms with van der Waals surface area (Å²) in [5.74, 6) is 0. The van der Waals surface area contributed by atoms with E-state index < -0.39 is 0 Å². The Morgan fingerprint density at radius 2 is 0.892 bits per heavy atom. The molecule has 0 N–H and O–H groups in total. The highest BCUT2D eigenvalue weighted by Gasteiger charge is 2.21. The second-order valence-electron chi connectivity index (χ2n) is 16.9. The lowest BCUT2D eigenvalue weighted by atomic mass is 9.95. The number of para-hydroxylation sites is 3. The molecule has 13 aromatic rings. The third-order valence-electron chi connectivity index (χ3n) is 13.2. The largest absolute Gasteiger partial charge is 0.453 e. The molecule has 0 unspecified atom stereocenters. The van der Waals surface area contributed by atoms with Gasteiger partial charge >= 0.3 is 0 Å². The fraction of sp³-hybridized carbons (Fsp3) is 0. The van der Waals surface area contributed by atoms with E-state index in [1.807, 2.05) is 0 Å². The Morgan fingerprint density at radius 1 is 0.308 bits per heavy atom. The first kappa shape index (κ1) is 36.9. The number of fused-ring (bicyclic) bond motifs is 9. The third kappa shape index (κ3) is 6.12. The van der Waals surface area contributed by atoms with Crippen LogP contribution in [0.15, 0.2) is 247 Å². The van der Waals surface area contributed by atoms with Crippen LogP contribution in [0.25, 0.3) is 104 Å². The van der Waals surface area contributed by atoms with Gasteiger partial charge < -0.3 is 13.9 Å². The molecule has 0 aliphatic carbocycles. The van der Waals surface area contributed by atoms with Gasteiger partial charge in [0, 0.05) is 44.0 Å². The van der Waals surface area contributed by atoms with Crippen LogP contribution in [0.5, 0.6) is 0 Å². The van der Waals surface area contributed by atoms with Gasteiger partial charge in [-0.3, -0.25) is 0 Å². The molecular formula is C62H40N2O. The third-order valence-corrected chi connectivity index (χ3v) is 13.2. The van der Waals surface area contributed by atoms with Gasteiger partial charge in [0.15, 0.2) is 5.58 Å². The van der Waals surface area contributed by atoms with Crippen LogP contribution < -0.4 is 4.90 Å². The van der Waals surface area contributed by atoms with Crippen molar-refractivity contribution >= 4 is 82.4 Å². The Morgan fingerprint density at radius 3 is 1.77 bits per heavy atom. The second kappa shape index (κ2) is 15.0. The summed E-state index contributed by atoms with van der Waals surface area (Å²) in [6.07, 6.45) is 0. The molecule has 304 valence electrons. The summed E-state index contributed by atoms with van der Waals surface area (Å²) in [5.41, 5.74) is 15.4. The zero-order valence-corrected chi connectivity index (χ0v) is 35.4. The van der Waals surface area contributed by atoms with E-state index >= 15 is 0 Å². The van der Waals surface area contributed by atoms with Gasteiger partial charge in [0.25, 0.3) is 0 Å². The number of nitrogens with zero attached hydrogens (tertiary/aromatic N) is 2. The minimum Gasteiger partial charge on any atom is -0.453 e. The first-order valence-electron chi connectivity index (χ1n) is 22.2. The van der Waals surface area contributed by atoms with Crippen LogP contribution in [0.1, 0.15) is 0 Å². The lowest BCUT2D eigenvalue weighted by Gasteiger charge is -2.26. The van der Waals surface area contributed by atoms with Crippen molar-refractivity contribution in [2.24, 2.45) is 0 Å². The van der Waals surface area contributed by atoms with E-state index in [0.29, 0.717) is 0 Å². The predicted octanol–water partition coefficient (Wildman–Crippen LogP) is 17.5. The van der Waals surface area contributed by atoms with Crippen molar-refractivity contribution in [1.29, 1.82) is 0 Å². The lowest BCUT2D eigenvalue weighted by molar-refractivity contribution is 0.673. The Bertz CT molecular complexity index is 3940. The van der Waals surface area contributed by atoms with E-state index in [1.165, 1.54) is 49.3 Å². The molecule has 65 heavy (non-hydrogen) atoms. The standard InChI is InChI=1S/C62H40N2O/c1-3-14-42(15-4-1)51-24-12-17-44-28-29-46(39-56(44)51)41-30-34-49(35-31-41)63(60-27-13-25-54-55-36-32-43-16-7-8-22-52(43)61(55)65-62(54)60)50-21-11-18-45(38-50)47-33-37-59-57(40-47)53-23-9-10-26-58(53)64(59)48-19-5-2-6-20-48/h1-40H. The minimum absolute atomic E-state index is 0.853. The maximum Gasteiger partial charge on any atom is 0.159 e. The number of rotatable bonds is 7. The molecule has 0 aliphatic heterocycles. The molecule has 0 bridgehead atoms. The summed E-state index contributed by atoms with van der Waals surface area (Å²) in [6.45, 7) is 0. The predicted molar refractivity (Wildman–Crippen MR) is 274 cm³/mol. The maximum atomic E-state index is 7.00. The molecular weight excluding hydrogens is 789 g/mol. The Balaban J connectivity index is 0.967. The van der Waals surface area contributed by atoms with Crippen LogP contribution in [-0.4, -0.2) is 4.57 Å². The minimum atomic E-state index is 0.853. The molecule has 2 aromatic heterocycles. The average molecular weight is 829 g/mol. The Kier molecular flexibility index (Phi) is 8.53. The van der Waals surface area contributed by atoms with Crippen LogP contribution in [0.4, 0.5) is 17.1 Å². The molecule has 0 saturated carbocycles. The molecule has 0 atom stereocenters. The topological polar surface area (TPSA) is 21.3 Å². The normalized spacial score (nSPS) is 11.7. The van der Waals surface area contributed by atoms with Crippen molar-refractivity contribution in [2.75, 3.05) is 4.90 Å². The first-order valence-corrected chi connectivity index (χ1v) is 22.2. The van der Waals surface area contributed by atoms with E-state index in [1.54, 1.807) is 0 Å². The fourth-order valence-corrected chi connectivity index (χ4v) is 10.1. The number of aromatic nitrogens is 1. The van der Waals surface area contributed by atoms with Crippen molar-refractivity contribution in [3.63, 3.8) is 0 Å². The highest BCUT2D eigenvalue weighted by Crippen LogP contribution is 2.45. The number of hydrogen-bond donors (Lipinski definition) is 0. The van der Waals surface area contributed by atoms with Crippen LogP contribution in [0.3, 0.4) is 0 Å². The monoisotopic (exact) mass is 828 g/mol. The van der Waals surface area contributed by atoms with Gasteiger partial charge in [-0.05, 0) is 122 Å². The molecule has 0 spiro atoms. The van der Waals surface area contributed by atoms with Crippen molar-refractivity contribution in [1.82, 2.24) is 4.57 Å². The molecule has 0 radical (unpaired) electrons. The highest BCUT2D eigenvalue weighted by atomic mass is 16.3. The van der Waals surface area contributed by atoms with Crippen LogP contribution in [-0.2, 0) is 0 Å². The van der Waals surface area contributed by atoms with Gasteiger partial charge in [-0.15, -0.1) is 0 Å². The first-order chi connectivity index (χ1) is 32.2. The molecule has 2 heterocycles. The lowest BCUT2D eigenvalue weighted by Crippen LogP contribution is -2.10. The summed E-state index contributed by atoms with van der Waals surface area (Å²) >= 11 is 0. The van der Waals surface area contributed by atoms with Crippen molar-refractivity contribution in [2.45, 2.75) is 0 Å². The number of benzene rings is 11. The Labute approximate surface area is 376 Å². The zero-order chi connectivity index (χ0) is 42.8. The van der Waals surface area contributed by atoms with Crippen LogP contribution in [0.2, 0.25) is 0 Å². The van der Waals surface area contributed by atoms with Gasteiger partial charge in [0.1, 0.15) is 5.58 Å². The summed E-state index contributed by atoms with van der Waals surface area (Å²) < 4.78 is 9.37. The van der Waals surface area contributed by atoms with E-state index in [0.717, 1.165) is 72.2 Å². The van der Waals surface area contributed by atoms with Crippen molar-refractivity contribution in [3.8, 4) is 39.1 Å². The molecule has 0 fully saturated rings. The SMILES string of the molecule is c1ccc(-c2cccc3ccc(-c4ccc(N(c5cccc(-c6ccc7c(c6)c6ccccc6n7-c6ccccc6)c5)c5cccc6c5oc5c7ccccc7ccc65)cc4)cc23)cc1. The van der Waals surface area contributed by atoms with Crippen LogP contribution in [0, 0.1) is 0 Å². The number of anilines is 3. The summed E-state index contributed by atoms with van der Waals surface area (Å²) in [4.78, 5) is 2.36. The fourth-order valence-electron chi connectivity index (χ4n) is 10.1. The van der Waals surface area contributed by atoms with E-state index in [-0.39, 0.29) is 0 Å².